The highest BCUT2D eigenvalue weighted by molar-refractivity contribution is 8.14. The standard InChI is InChI=1S/C26H26FNO4S/c27-19-12-10-18(11-13-19)22(30)7-4-8-24-25(21-14-9-17(16-29)15-23(21)31)28(26(32)33-24)20-5-2-1-3-6-20/h1-3,5-6,9-15,22,24-25,29-31H,4,7-8,16H2/t22-,24-,25-/m1/s1. The van der Waals surface area contributed by atoms with Crippen molar-refractivity contribution in [2.75, 3.05) is 4.90 Å². The summed E-state index contributed by atoms with van der Waals surface area (Å²) in [5, 5.41) is 30.4. The number of hydrogen-bond acceptors (Lipinski definition) is 5. The Morgan fingerprint density at radius 1 is 1.03 bits per heavy atom. The molecule has 3 N–H and O–H groups in total. The van der Waals surface area contributed by atoms with Crippen LogP contribution in [0.4, 0.5) is 14.9 Å². The molecule has 1 aliphatic heterocycles. The highest BCUT2D eigenvalue weighted by Crippen LogP contribution is 2.48. The van der Waals surface area contributed by atoms with Gasteiger partial charge in [0, 0.05) is 16.5 Å². The molecule has 1 fully saturated rings. The van der Waals surface area contributed by atoms with Crippen molar-refractivity contribution < 1.29 is 24.5 Å². The minimum Gasteiger partial charge on any atom is -0.508 e. The van der Waals surface area contributed by atoms with E-state index < -0.39 is 6.10 Å². The predicted octanol–water partition coefficient (Wildman–Crippen LogP) is 5.71. The molecule has 0 radical (unpaired) electrons. The molecule has 7 heteroatoms. The number of anilines is 1. The van der Waals surface area contributed by atoms with E-state index in [4.69, 9.17) is 0 Å². The second-order valence-electron chi connectivity index (χ2n) is 8.12. The lowest BCUT2D eigenvalue weighted by Crippen LogP contribution is -2.29. The molecule has 1 aliphatic rings. The Morgan fingerprint density at radius 3 is 2.42 bits per heavy atom. The molecule has 0 spiro atoms. The third-order valence-corrected chi connectivity index (χ3v) is 7.13. The van der Waals surface area contributed by atoms with E-state index in [1.54, 1.807) is 29.2 Å². The van der Waals surface area contributed by atoms with Gasteiger partial charge in [-0.1, -0.05) is 54.2 Å². The Balaban J connectivity index is 1.55. The Kier molecular flexibility index (Phi) is 7.33. The number of phenols is 1. The first-order chi connectivity index (χ1) is 16.0. The van der Waals surface area contributed by atoms with Crippen LogP contribution < -0.4 is 4.90 Å². The number of thioether (sulfide) groups is 1. The molecule has 3 aromatic carbocycles. The first-order valence-corrected chi connectivity index (χ1v) is 11.8. The van der Waals surface area contributed by atoms with Gasteiger partial charge in [0.2, 0.25) is 0 Å². The predicted molar refractivity (Wildman–Crippen MR) is 128 cm³/mol. The smallest absolute Gasteiger partial charge is 0.287 e. The number of aliphatic hydroxyl groups is 2. The van der Waals surface area contributed by atoms with E-state index in [1.165, 1.54) is 30.0 Å². The van der Waals surface area contributed by atoms with Gasteiger partial charge in [-0.2, -0.15) is 0 Å². The lowest BCUT2D eigenvalue weighted by Gasteiger charge is -2.28. The zero-order valence-corrected chi connectivity index (χ0v) is 18.8. The summed E-state index contributed by atoms with van der Waals surface area (Å²) >= 11 is 1.23. The first kappa shape index (κ1) is 23.3. The number of aromatic hydroxyl groups is 1. The van der Waals surface area contributed by atoms with Crippen LogP contribution in [0, 0.1) is 5.82 Å². The number of aliphatic hydroxyl groups excluding tert-OH is 2. The van der Waals surface area contributed by atoms with Gasteiger partial charge in [-0.15, -0.1) is 0 Å². The number of hydrogen-bond donors (Lipinski definition) is 3. The van der Waals surface area contributed by atoms with E-state index in [-0.39, 0.29) is 34.7 Å². The van der Waals surface area contributed by atoms with Gasteiger partial charge in [0.25, 0.3) is 5.24 Å². The van der Waals surface area contributed by atoms with Crippen molar-refractivity contribution >= 4 is 22.7 Å². The van der Waals surface area contributed by atoms with Gasteiger partial charge in [0.05, 0.1) is 18.8 Å². The molecule has 0 unspecified atom stereocenters. The molecule has 3 atom stereocenters. The molecule has 33 heavy (non-hydrogen) atoms. The number of phenolic OH excluding ortho intramolecular Hbond substituents is 1. The van der Waals surface area contributed by atoms with E-state index in [9.17, 15) is 24.5 Å². The number of halogens is 1. The highest BCUT2D eigenvalue weighted by Gasteiger charge is 2.43. The fourth-order valence-corrected chi connectivity index (χ4v) is 5.52. The molecule has 0 saturated carbocycles. The van der Waals surface area contributed by atoms with E-state index in [0.717, 1.165) is 5.69 Å². The second kappa shape index (κ2) is 10.4. The van der Waals surface area contributed by atoms with Gasteiger partial charge in [-0.3, -0.25) is 9.69 Å². The van der Waals surface area contributed by atoms with Crippen molar-refractivity contribution in [3.63, 3.8) is 0 Å². The van der Waals surface area contributed by atoms with Crippen LogP contribution in [0.2, 0.25) is 0 Å². The molecule has 4 rings (SSSR count). The van der Waals surface area contributed by atoms with E-state index in [1.807, 2.05) is 30.3 Å². The fourth-order valence-electron chi connectivity index (χ4n) is 4.24. The van der Waals surface area contributed by atoms with E-state index in [0.29, 0.717) is 36.0 Å². The van der Waals surface area contributed by atoms with Crippen LogP contribution in [0.1, 0.15) is 48.1 Å². The third kappa shape index (κ3) is 5.21. The zero-order chi connectivity index (χ0) is 23.4. The molecule has 0 aliphatic carbocycles. The Morgan fingerprint density at radius 2 is 1.76 bits per heavy atom. The summed E-state index contributed by atoms with van der Waals surface area (Å²) in [7, 11) is 0. The molecule has 1 amide bonds. The third-order valence-electron chi connectivity index (χ3n) is 5.93. The molecular formula is C26H26FNO4S. The summed E-state index contributed by atoms with van der Waals surface area (Å²) in [6, 6.07) is 19.8. The quantitative estimate of drug-likeness (QED) is 0.395. The largest absolute Gasteiger partial charge is 0.508 e. The Hall–Kier alpha value is -2.87. The van der Waals surface area contributed by atoms with Crippen molar-refractivity contribution in [2.45, 2.75) is 43.3 Å². The van der Waals surface area contributed by atoms with Crippen molar-refractivity contribution in [1.29, 1.82) is 0 Å². The number of nitrogens with zero attached hydrogens (tertiary/aromatic N) is 1. The van der Waals surface area contributed by atoms with Crippen molar-refractivity contribution in [3.8, 4) is 5.75 Å². The Labute approximate surface area is 196 Å². The summed E-state index contributed by atoms with van der Waals surface area (Å²) in [6.45, 7) is -0.181. The maximum Gasteiger partial charge on any atom is 0.287 e. The van der Waals surface area contributed by atoms with Gasteiger partial charge < -0.3 is 15.3 Å². The lowest BCUT2D eigenvalue weighted by molar-refractivity contribution is 0.163. The summed E-state index contributed by atoms with van der Waals surface area (Å²) in [6.07, 6.45) is 1.06. The molecular weight excluding hydrogens is 441 g/mol. The molecule has 0 bridgehead atoms. The number of amides is 1. The van der Waals surface area contributed by atoms with Crippen LogP contribution in [0.5, 0.6) is 5.75 Å². The SMILES string of the molecule is O=C1S[C@H](CCC[C@@H](O)c2ccc(F)cc2)[C@@H](c2ccc(CO)cc2O)N1c1ccccc1. The van der Waals surface area contributed by atoms with Gasteiger partial charge >= 0.3 is 0 Å². The normalized spacial score (nSPS) is 19.1. The van der Waals surface area contributed by atoms with Crippen molar-refractivity contribution in [2.24, 2.45) is 0 Å². The van der Waals surface area contributed by atoms with Crippen molar-refractivity contribution in [1.82, 2.24) is 0 Å². The molecule has 3 aromatic rings. The van der Waals surface area contributed by atoms with E-state index >= 15 is 0 Å². The number of rotatable bonds is 8. The van der Waals surface area contributed by atoms with Gasteiger partial charge in [-0.25, -0.2) is 4.39 Å². The molecule has 0 aromatic heterocycles. The van der Waals surface area contributed by atoms with Crippen LogP contribution in [-0.4, -0.2) is 25.8 Å². The first-order valence-electron chi connectivity index (χ1n) is 10.9. The number of carbonyl (C=O) groups is 1. The molecule has 5 nitrogen and oxygen atoms in total. The summed E-state index contributed by atoms with van der Waals surface area (Å²) < 4.78 is 13.1. The molecule has 172 valence electrons. The average Bonchev–Trinajstić information content (AvgIpc) is 3.15. The van der Waals surface area contributed by atoms with E-state index in [2.05, 4.69) is 0 Å². The van der Waals surface area contributed by atoms with Crippen LogP contribution in [0.25, 0.3) is 0 Å². The molecule has 1 saturated heterocycles. The highest BCUT2D eigenvalue weighted by atomic mass is 32.2. The van der Waals surface area contributed by atoms with Crippen LogP contribution in [0.3, 0.4) is 0 Å². The topological polar surface area (TPSA) is 81.0 Å². The number of carbonyl (C=O) groups excluding carboxylic acids is 1. The maximum absolute atomic E-state index is 13.1. The average molecular weight is 468 g/mol. The number of para-hydroxylation sites is 1. The maximum atomic E-state index is 13.1. The lowest BCUT2D eigenvalue weighted by atomic mass is 9.95. The Bertz CT molecular complexity index is 1090. The zero-order valence-electron chi connectivity index (χ0n) is 18.0. The summed E-state index contributed by atoms with van der Waals surface area (Å²) in [5.41, 5.74) is 2.63. The van der Waals surface area contributed by atoms with Crippen LogP contribution >= 0.6 is 11.8 Å². The summed E-state index contributed by atoms with van der Waals surface area (Å²) in [5.74, 6) is -0.304. The minimum absolute atomic E-state index is 0.0409. The van der Waals surface area contributed by atoms with Gasteiger partial charge in [0.15, 0.2) is 0 Å². The monoisotopic (exact) mass is 467 g/mol. The number of benzene rings is 3. The van der Waals surface area contributed by atoms with Crippen LogP contribution in [-0.2, 0) is 6.61 Å². The summed E-state index contributed by atoms with van der Waals surface area (Å²) in [4.78, 5) is 14.7. The van der Waals surface area contributed by atoms with Gasteiger partial charge in [0.1, 0.15) is 11.6 Å². The second-order valence-corrected chi connectivity index (χ2v) is 9.31. The van der Waals surface area contributed by atoms with Crippen LogP contribution in [0.15, 0.2) is 72.8 Å². The van der Waals surface area contributed by atoms with Crippen molar-refractivity contribution in [3.05, 3.63) is 95.3 Å². The van der Waals surface area contributed by atoms with Gasteiger partial charge in [-0.05, 0) is 60.7 Å². The molecule has 1 heterocycles. The minimum atomic E-state index is -0.714. The fraction of sp³-hybridized carbons (Fsp3) is 0.269.